The Morgan fingerprint density at radius 3 is 2.94 bits per heavy atom. The van der Waals surface area contributed by atoms with Crippen molar-refractivity contribution in [1.29, 1.82) is 0 Å². The van der Waals surface area contributed by atoms with Gasteiger partial charge in [0.1, 0.15) is 11.5 Å². The van der Waals surface area contributed by atoms with Crippen LogP contribution >= 0.6 is 11.3 Å². The minimum atomic E-state index is -0.378. The van der Waals surface area contributed by atoms with Gasteiger partial charge in [0.05, 0.1) is 11.6 Å². The van der Waals surface area contributed by atoms with Crippen LogP contribution in [0.25, 0.3) is 0 Å². The molecule has 1 aromatic heterocycles. The van der Waals surface area contributed by atoms with Gasteiger partial charge in [-0.3, -0.25) is 9.79 Å². The molecule has 0 atom stereocenters. The number of anilines is 1. The van der Waals surface area contributed by atoms with Crippen molar-refractivity contribution in [3.05, 3.63) is 45.9 Å². The molecule has 31 heavy (non-hydrogen) atoms. The highest BCUT2D eigenvalue weighted by Gasteiger charge is 2.27. The fourth-order valence-electron chi connectivity index (χ4n) is 3.61. The first kappa shape index (κ1) is 20.9. The minimum absolute atomic E-state index is 0.0166. The lowest BCUT2D eigenvalue weighted by atomic mass is 9.98. The smallest absolute Gasteiger partial charge is 0.410 e. The molecule has 1 aromatic carbocycles. The van der Waals surface area contributed by atoms with E-state index in [1.807, 2.05) is 24.3 Å². The molecule has 1 saturated heterocycles. The van der Waals surface area contributed by atoms with E-state index in [1.165, 1.54) is 11.3 Å². The van der Waals surface area contributed by atoms with Crippen molar-refractivity contribution >= 4 is 34.9 Å². The number of carbonyl (C=O) groups is 2. The lowest BCUT2D eigenvalue weighted by molar-refractivity contribution is 0.102. The predicted molar refractivity (Wildman–Crippen MR) is 120 cm³/mol. The van der Waals surface area contributed by atoms with E-state index in [9.17, 15) is 9.59 Å². The van der Waals surface area contributed by atoms with E-state index in [-0.39, 0.29) is 24.5 Å². The first-order valence-corrected chi connectivity index (χ1v) is 11.0. The van der Waals surface area contributed by atoms with Crippen LogP contribution in [0.1, 0.15) is 39.8 Å². The third kappa shape index (κ3) is 5.03. The number of amides is 2. The van der Waals surface area contributed by atoms with Crippen molar-refractivity contribution in [3.8, 4) is 12.3 Å². The third-order valence-electron chi connectivity index (χ3n) is 5.20. The molecule has 0 saturated carbocycles. The zero-order valence-electron chi connectivity index (χ0n) is 17.0. The summed E-state index contributed by atoms with van der Waals surface area (Å²) in [5, 5.41) is 8.85. The number of carbonyl (C=O) groups excluding carboxylic acids is 2. The second-order valence-electron chi connectivity index (χ2n) is 7.28. The summed E-state index contributed by atoms with van der Waals surface area (Å²) in [5.74, 6) is 3.12. The van der Waals surface area contributed by atoms with E-state index in [1.54, 1.807) is 10.3 Å². The summed E-state index contributed by atoms with van der Waals surface area (Å²) in [6.07, 6.45) is 6.29. The van der Waals surface area contributed by atoms with Crippen molar-refractivity contribution in [1.82, 2.24) is 15.2 Å². The molecule has 4 rings (SSSR count). The molecule has 8 nitrogen and oxygen atoms in total. The van der Waals surface area contributed by atoms with Crippen LogP contribution in [0.5, 0.6) is 0 Å². The lowest BCUT2D eigenvalue weighted by Crippen LogP contribution is -2.38. The summed E-state index contributed by atoms with van der Waals surface area (Å²) in [5.41, 5.74) is 2.05. The molecule has 9 heteroatoms. The summed E-state index contributed by atoms with van der Waals surface area (Å²) in [7, 11) is 0. The van der Waals surface area contributed by atoms with Gasteiger partial charge in [-0.15, -0.1) is 17.8 Å². The summed E-state index contributed by atoms with van der Waals surface area (Å²) in [4.78, 5) is 35.2. The van der Waals surface area contributed by atoms with Crippen LogP contribution in [0.2, 0.25) is 0 Å². The van der Waals surface area contributed by atoms with Crippen LogP contribution in [0.4, 0.5) is 10.5 Å². The standard InChI is InChI=1S/C22H23N5O3S/c1-2-12-30-22(29)27-10-6-15(7-11-27)21-26-18(14-31-21)20(28)25-17-5-3-4-16(13-17)19-23-8-9-24-19/h1,3-5,13-15H,6-12H2,(H,23,24)(H,25,28). The summed E-state index contributed by atoms with van der Waals surface area (Å²) < 4.78 is 4.98. The second-order valence-corrected chi connectivity index (χ2v) is 8.17. The Kier molecular flexibility index (Phi) is 6.48. The molecule has 0 aliphatic carbocycles. The third-order valence-corrected chi connectivity index (χ3v) is 6.21. The zero-order chi connectivity index (χ0) is 21.6. The quantitative estimate of drug-likeness (QED) is 0.702. The first-order valence-electron chi connectivity index (χ1n) is 10.1. The number of hydrogen-bond donors (Lipinski definition) is 2. The number of ether oxygens (including phenoxy) is 1. The monoisotopic (exact) mass is 437 g/mol. The number of likely N-dealkylation sites (tertiary alicyclic amines) is 1. The topological polar surface area (TPSA) is 95.9 Å². The molecule has 2 aliphatic heterocycles. The van der Waals surface area contributed by atoms with Gasteiger partial charge in [0.25, 0.3) is 5.91 Å². The average molecular weight is 438 g/mol. The molecule has 2 N–H and O–H groups in total. The van der Waals surface area contributed by atoms with Gasteiger partial charge in [0.15, 0.2) is 6.61 Å². The van der Waals surface area contributed by atoms with E-state index in [0.29, 0.717) is 24.5 Å². The molecule has 0 spiro atoms. The lowest BCUT2D eigenvalue weighted by Gasteiger charge is -2.30. The molecule has 2 aliphatic rings. The second kappa shape index (κ2) is 9.62. The number of nitrogens with zero attached hydrogens (tertiary/aromatic N) is 3. The molecule has 160 valence electrons. The number of nitrogens with one attached hydrogen (secondary N) is 2. The van der Waals surface area contributed by atoms with Crippen LogP contribution in [-0.4, -0.2) is 60.5 Å². The molecule has 3 heterocycles. The van der Waals surface area contributed by atoms with Crippen LogP contribution in [0, 0.1) is 12.3 Å². The predicted octanol–water partition coefficient (Wildman–Crippen LogP) is 2.69. The highest BCUT2D eigenvalue weighted by atomic mass is 32.1. The summed E-state index contributed by atoms with van der Waals surface area (Å²) in [6, 6.07) is 7.60. The molecule has 2 amide bonds. The van der Waals surface area contributed by atoms with Gasteiger partial charge >= 0.3 is 6.09 Å². The highest BCUT2D eigenvalue weighted by Crippen LogP contribution is 2.30. The van der Waals surface area contributed by atoms with E-state index in [2.05, 4.69) is 26.5 Å². The fraction of sp³-hybridized carbons (Fsp3) is 0.364. The molecule has 0 bridgehead atoms. The van der Waals surface area contributed by atoms with Crippen LogP contribution in [0.3, 0.4) is 0 Å². The maximum Gasteiger partial charge on any atom is 0.410 e. The first-order chi connectivity index (χ1) is 15.1. The number of aliphatic imine (C=N–C) groups is 1. The summed E-state index contributed by atoms with van der Waals surface area (Å²) >= 11 is 1.48. The molecule has 1 fully saturated rings. The van der Waals surface area contributed by atoms with Crippen molar-refractivity contribution in [2.75, 3.05) is 38.1 Å². The summed E-state index contributed by atoms with van der Waals surface area (Å²) in [6.45, 7) is 2.74. The van der Waals surface area contributed by atoms with Gasteiger partial charge in [-0.25, -0.2) is 9.78 Å². The van der Waals surface area contributed by atoms with Gasteiger partial charge in [-0.05, 0) is 25.0 Å². The number of hydrogen-bond acceptors (Lipinski definition) is 7. The molecule has 2 aromatic rings. The number of thiazole rings is 1. The number of benzene rings is 1. The van der Waals surface area contributed by atoms with Gasteiger partial charge in [0.2, 0.25) is 0 Å². The van der Waals surface area contributed by atoms with E-state index in [4.69, 9.17) is 11.2 Å². The van der Waals surface area contributed by atoms with E-state index < -0.39 is 0 Å². The van der Waals surface area contributed by atoms with Crippen molar-refractivity contribution in [2.24, 2.45) is 4.99 Å². The largest absolute Gasteiger partial charge is 0.436 e. The van der Waals surface area contributed by atoms with Gasteiger partial charge in [-0.1, -0.05) is 18.1 Å². The zero-order valence-corrected chi connectivity index (χ0v) is 17.8. The highest BCUT2D eigenvalue weighted by molar-refractivity contribution is 7.10. The molecular formula is C22H23N5O3S. The maximum absolute atomic E-state index is 12.7. The Morgan fingerprint density at radius 2 is 2.19 bits per heavy atom. The van der Waals surface area contributed by atoms with E-state index >= 15 is 0 Å². The van der Waals surface area contributed by atoms with Crippen LogP contribution in [0.15, 0.2) is 34.6 Å². The number of rotatable bonds is 5. The maximum atomic E-state index is 12.7. The SMILES string of the molecule is C#CCOC(=O)N1CCC(c2nc(C(=O)Nc3cccc(C4=NCCN4)c3)cs2)CC1. The Labute approximate surface area is 184 Å². The molecule has 0 unspecified atom stereocenters. The Morgan fingerprint density at radius 1 is 1.35 bits per heavy atom. The van der Waals surface area contributed by atoms with Crippen molar-refractivity contribution in [3.63, 3.8) is 0 Å². The van der Waals surface area contributed by atoms with E-state index in [0.717, 1.165) is 42.3 Å². The fourth-order valence-corrected chi connectivity index (χ4v) is 4.59. The Hall–Kier alpha value is -3.38. The van der Waals surface area contributed by atoms with Crippen molar-refractivity contribution < 1.29 is 14.3 Å². The van der Waals surface area contributed by atoms with Gasteiger partial charge in [-0.2, -0.15) is 0 Å². The Balaban J connectivity index is 1.34. The van der Waals surface area contributed by atoms with Crippen LogP contribution < -0.4 is 10.6 Å². The number of terminal acetylenes is 1. The van der Waals surface area contributed by atoms with Gasteiger partial charge in [0, 0.05) is 42.2 Å². The number of piperidine rings is 1. The van der Waals surface area contributed by atoms with Crippen LogP contribution in [-0.2, 0) is 4.74 Å². The van der Waals surface area contributed by atoms with Crippen molar-refractivity contribution in [2.45, 2.75) is 18.8 Å². The molecule has 0 radical (unpaired) electrons. The molecular weight excluding hydrogens is 414 g/mol. The minimum Gasteiger partial charge on any atom is -0.436 e. The number of aromatic nitrogens is 1. The average Bonchev–Trinajstić information content (AvgIpc) is 3.50. The Bertz CT molecular complexity index is 1030. The number of amidine groups is 1. The van der Waals surface area contributed by atoms with Gasteiger partial charge < -0.3 is 20.3 Å². The normalized spacial score (nSPS) is 16.2.